The highest BCUT2D eigenvalue weighted by atomic mass is 16.2. The molecule has 2 rings (SSSR count). The van der Waals surface area contributed by atoms with Crippen molar-refractivity contribution >= 4 is 23.2 Å². The molecule has 0 atom stereocenters. The first-order valence-electron chi connectivity index (χ1n) is 7.39. The summed E-state index contributed by atoms with van der Waals surface area (Å²) >= 11 is 0. The number of nitrogens with zero attached hydrogens (tertiary/aromatic N) is 2. The molecule has 0 bridgehead atoms. The van der Waals surface area contributed by atoms with Gasteiger partial charge in [0.25, 0.3) is 5.91 Å². The molecule has 0 saturated heterocycles. The molecule has 23 heavy (non-hydrogen) atoms. The van der Waals surface area contributed by atoms with Gasteiger partial charge in [-0.3, -0.25) is 9.59 Å². The lowest BCUT2D eigenvalue weighted by molar-refractivity contribution is 0.100. The first-order chi connectivity index (χ1) is 10.8. The smallest absolute Gasteiger partial charge is 0.274 e. The number of amides is 1. The minimum absolute atomic E-state index is 0.0533. The predicted octanol–water partition coefficient (Wildman–Crippen LogP) is 3.06. The van der Waals surface area contributed by atoms with Crippen molar-refractivity contribution in [2.24, 2.45) is 0 Å². The number of carbonyl (C=O) groups is 2. The standard InChI is InChI=1S/C17H20N4O2/c1-10(2)18-16-9-15(19-12(4)20-16)17(23)21-14-7-5-6-13(8-14)11(3)22/h5-10H,1-4H3,(H,21,23)(H,18,19,20). The van der Waals surface area contributed by atoms with E-state index in [1.807, 2.05) is 13.8 Å². The van der Waals surface area contributed by atoms with E-state index >= 15 is 0 Å². The Morgan fingerprint density at radius 1 is 1.13 bits per heavy atom. The van der Waals surface area contributed by atoms with Crippen LogP contribution in [0.3, 0.4) is 0 Å². The summed E-state index contributed by atoms with van der Waals surface area (Å²) in [5.74, 6) is 0.721. The SMILES string of the molecule is CC(=O)c1cccc(NC(=O)c2cc(NC(C)C)nc(C)n2)c1. The van der Waals surface area contributed by atoms with Gasteiger partial charge in [-0.25, -0.2) is 9.97 Å². The Balaban J connectivity index is 2.22. The third-order valence-electron chi connectivity index (χ3n) is 3.03. The first kappa shape index (κ1) is 16.6. The molecule has 0 aliphatic rings. The van der Waals surface area contributed by atoms with E-state index in [1.54, 1.807) is 37.3 Å². The zero-order valence-electron chi connectivity index (χ0n) is 13.7. The highest BCUT2D eigenvalue weighted by molar-refractivity contribution is 6.04. The number of aryl methyl sites for hydroxylation is 1. The van der Waals surface area contributed by atoms with Crippen LogP contribution in [0.2, 0.25) is 0 Å². The number of aromatic nitrogens is 2. The summed E-state index contributed by atoms with van der Waals surface area (Å²) in [4.78, 5) is 32.2. The maximum Gasteiger partial charge on any atom is 0.274 e. The first-order valence-corrected chi connectivity index (χ1v) is 7.39. The number of Topliss-reactive ketones (excluding diaryl/α,β-unsaturated/α-hetero) is 1. The van der Waals surface area contributed by atoms with Gasteiger partial charge in [-0.15, -0.1) is 0 Å². The molecule has 1 amide bonds. The summed E-state index contributed by atoms with van der Waals surface area (Å²) in [5, 5.41) is 5.91. The summed E-state index contributed by atoms with van der Waals surface area (Å²) in [5.41, 5.74) is 1.37. The molecular formula is C17H20N4O2. The van der Waals surface area contributed by atoms with Crippen molar-refractivity contribution in [3.8, 4) is 0 Å². The molecule has 6 nitrogen and oxygen atoms in total. The van der Waals surface area contributed by atoms with Gasteiger partial charge in [0.1, 0.15) is 17.3 Å². The van der Waals surface area contributed by atoms with E-state index in [9.17, 15) is 9.59 Å². The maximum absolute atomic E-state index is 12.4. The van der Waals surface area contributed by atoms with Gasteiger partial charge in [0, 0.05) is 23.4 Å². The number of nitrogens with one attached hydrogen (secondary N) is 2. The van der Waals surface area contributed by atoms with Gasteiger partial charge in [0.2, 0.25) is 0 Å². The number of hydrogen-bond donors (Lipinski definition) is 2. The van der Waals surface area contributed by atoms with Crippen LogP contribution in [0, 0.1) is 6.92 Å². The second-order valence-electron chi connectivity index (χ2n) is 5.58. The van der Waals surface area contributed by atoms with Gasteiger partial charge >= 0.3 is 0 Å². The van der Waals surface area contributed by atoms with Crippen molar-refractivity contribution in [3.05, 3.63) is 47.4 Å². The van der Waals surface area contributed by atoms with Crippen LogP contribution in [0.1, 0.15) is 47.4 Å². The highest BCUT2D eigenvalue weighted by Gasteiger charge is 2.12. The Kier molecular flexibility index (Phi) is 5.05. The zero-order valence-corrected chi connectivity index (χ0v) is 13.7. The summed E-state index contributed by atoms with van der Waals surface area (Å²) in [6.07, 6.45) is 0. The number of ketones is 1. The summed E-state index contributed by atoms with van der Waals surface area (Å²) in [6, 6.07) is 8.61. The topological polar surface area (TPSA) is 84.0 Å². The van der Waals surface area contributed by atoms with Crippen molar-refractivity contribution in [1.29, 1.82) is 0 Å². The van der Waals surface area contributed by atoms with Crippen LogP contribution < -0.4 is 10.6 Å². The second kappa shape index (κ2) is 7.00. The van der Waals surface area contributed by atoms with Crippen LogP contribution >= 0.6 is 0 Å². The van der Waals surface area contributed by atoms with Crippen molar-refractivity contribution in [1.82, 2.24) is 9.97 Å². The van der Waals surface area contributed by atoms with E-state index in [-0.39, 0.29) is 23.4 Å². The molecule has 2 N–H and O–H groups in total. The number of rotatable bonds is 5. The molecule has 0 aliphatic carbocycles. The number of anilines is 2. The average molecular weight is 312 g/mol. The minimum atomic E-state index is -0.344. The lowest BCUT2D eigenvalue weighted by Gasteiger charge is -2.11. The summed E-state index contributed by atoms with van der Waals surface area (Å²) < 4.78 is 0. The third-order valence-corrected chi connectivity index (χ3v) is 3.03. The Labute approximate surface area is 135 Å². The van der Waals surface area contributed by atoms with Crippen LogP contribution in [0.25, 0.3) is 0 Å². The Bertz CT molecular complexity index is 741. The van der Waals surface area contributed by atoms with E-state index in [0.29, 0.717) is 22.9 Å². The predicted molar refractivity (Wildman–Crippen MR) is 89.9 cm³/mol. The van der Waals surface area contributed by atoms with Crippen molar-refractivity contribution in [3.63, 3.8) is 0 Å². The molecule has 2 aromatic rings. The maximum atomic E-state index is 12.4. The van der Waals surface area contributed by atoms with Gasteiger partial charge < -0.3 is 10.6 Å². The number of benzene rings is 1. The molecule has 0 aliphatic heterocycles. The fraction of sp³-hybridized carbons (Fsp3) is 0.294. The average Bonchev–Trinajstić information content (AvgIpc) is 2.46. The van der Waals surface area contributed by atoms with Gasteiger partial charge in [0.05, 0.1) is 0 Å². The lowest BCUT2D eigenvalue weighted by Crippen LogP contribution is -2.17. The Morgan fingerprint density at radius 3 is 2.52 bits per heavy atom. The van der Waals surface area contributed by atoms with E-state index in [1.165, 1.54) is 6.92 Å². The quantitative estimate of drug-likeness (QED) is 0.829. The summed E-state index contributed by atoms with van der Waals surface area (Å²) in [7, 11) is 0. The third kappa shape index (κ3) is 4.60. The van der Waals surface area contributed by atoms with Gasteiger partial charge in [0.15, 0.2) is 5.78 Å². The molecule has 0 unspecified atom stereocenters. The van der Waals surface area contributed by atoms with E-state index in [4.69, 9.17) is 0 Å². The molecule has 1 aromatic heterocycles. The zero-order chi connectivity index (χ0) is 17.0. The molecule has 6 heteroatoms. The number of hydrogen-bond acceptors (Lipinski definition) is 5. The van der Waals surface area contributed by atoms with Gasteiger partial charge in [-0.1, -0.05) is 12.1 Å². The lowest BCUT2D eigenvalue weighted by atomic mass is 10.1. The van der Waals surface area contributed by atoms with Crippen molar-refractivity contribution in [2.75, 3.05) is 10.6 Å². The molecule has 1 aromatic carbocycles. The van der Waals surface area contributed by atoms with Crippen LogP contribution in [0.5, 0.6) is 0 Å². The monoisotopic (exact) mass is 312 g/mol. The largest absolute Gasteiger partial charge is 0.368 e. The van der Waals surface area contributed by atoms with Crippen LogP contribution in [-0.2, 0) is 0 Å². The van der Waals surface area contributed by atoms with E-state index < -0.39 is 0 Å². The molecule has 0 saturated carbocycles. The van der Waals surface area contributed by atoms with E-state index in [2.05, 4.69) is 20.6 Å². The second-order valence-corrected chi connectivity index (χ2v) is 5.58. The minimum Gasteiger partial charge on any atom is -0.368 e. The molecule has 0 fully saturated rings. The highest BCUT2D eigenvalue weighted by Crippen LogP contribution is 2.14. The fourth-order valence-electron chi connectivity index (χ4n) is 2.06. The van der Waals surface area contributed by atoms with Crippen LogP contribution in [-0.4, -0.2) is 27.7 Å². The van der Waals surface area contributed by atoms with Gasteiger partial charge in [-0.2, -0.15) is 0 Å². The molecular weight excluding hydrogens is 292 g/mol. The number of carbonyl (C=O) groups excluding carboxylic acids is 2. The molecule has 0 spiro atoms. The fourth-order valence-corrected chi connectivity index (χ4v) is 2.06. The van der Waals surface area contributed by atoms with Gasteiger partial charge in [-0.05, 0) is 39.8 Å². The van der Waals surface area contributed by atoms with Crippen LogP contribution in [0.4, 0.5) is 11.5 Å². The summed E-state index contributed by atoms with van der Waals surface area (Å²) in [6.45, 7) is 7.20. The normalized spacial score (nSPS) is 10.5. The van der Waals surface area contributed by atoms with Crippen LogP contribution in [0.15, 0.2) is 30.3 Å². The Hall–Kier alpha value is -2.76. The Morgan fingerprint density at radius 2 is 1.87 bits per heavy atom. The van der Waals surface area contributed by atoms with Crippen molar-refractivity contribution in [2.45, 2.75) is 33.7 Å². The van der Waals surface area contributed by atoms with Crippen molar-refractivity contribution < 1.29 is 9.59 Å². The molecule has 120 valence electrons. The van der Waals surface area contributed by atoms with E-state index in [0.717, 1.165) is 0 Å². The molecule has 1 heterocycles. The molecule has 0 radical (unpaired) electrons.